The van der Waals surface area contributed by atoms with Crippen LogP contribution in [-0.2, 0) is 11.6 Å². The quantitative estimate of drug-likeness (QED) is 0.0374. The number of Topliss-reactive ketones (excluding diaryl/α,β-unsaturated/α-hetero) is 3. The van der Waals surface area contributed by atoms with Crippen LogP contribution in [-0.4, -0.2) is 91.6 Å². The Bertz CT molecular complexity index is 5570. The summed E-state index contributed by atoms with van der Waals surface area (Å²) >= 11 is 31.5. The first-order valence-electron chi connectivity index (χ1n) is 29.6. The molecule has 0 spiro atoms. The zero-order valence-electron chi connectivity index (χ0n) is 54.1. The van der Waals surface area contributed by atoms with Crippen LogP contribution in [0.4, 0.5) is 0 Å². The van der Waals surface area contributed by atoms with Crippen molar-refractivity contribution in [3.63, 3.8) is 0 Å². The molecule has 0 saturated heterocycles. The third kappa shape index (κ3) is 24.2. The van der Waals surface area contributed by atoms with Gasteiger partial charge in [-0.1, -0.05) is 89.4 Å². The first-order chi connectivity index (χ1) is 48.3. The van der Waals surface area contributed by atoms with Gasteiger partial charge < -0.3 is 30.4 Å². The number of carbonyl (C=O) groups is 7. The van der Waals surface area contributed by atoms with Crippen molar-refractivity contribution in [2.45, 2.75) is 20.8 Å². The van der Waals surface area contributed by atoms with Crippen molar-refractivity contribution in [1.82, 2.24) is 29.9 Å². The van der Waals surface area contributed by atoms with Crippen molar-refractivity contribution in [3.05, 3.63) is 300 Å². The Morgan fingerprint density at radius 2 is 0.825 bits per heavy atom. The predicted molar refractivity (Wildman–Crippen MR) is 407 cm³/mol. The fraction of sp³-hybridized carbons (Fsp3) is 0.0541. The van der Waals surface area contributed by atoms with Crippen LogP contribution in [0.15, 0.2) is 235 Å². The monoisotopic (exact) mass is 1540 g/mol. The summed E-state index contributed by atoms with van der Waals surface area (Å²) in [5.41, 5.74) is 7.52. The topological polar surface area (TPSA) is 339 Å². The number of pyridine rings is 7. The average Bonchev–Trinajstić information content (AvgIpc) is 0.847. The fourth-order valence-corrected chi connectivity index (χ4v) is 9.83. The zero-order valence-corrected chi connectivity index (χ0v) is 60.3. The molecule has 6 N–H and O–H groups in total. The molecule has 0 fully saturated rings. The molecule has 0 radical (unpaired) electrons. The molecule has 0 unspecified atom stereocenters. The van der Waals surface area contributed by atoms with Gasteiger partial charge in [0.25, 0.3) is 0 Å². The average molecular weight is 1550 g/mol. The van der Waals surface area contributed by atoms with Crippen molar-refractivity contribution in [3.8, 4) is 0 Å². The van der Waals surface area contributed by atoms with E-state index in [-0.39, 0.29) is 63.0 Å². The second-order valence-corrected chi connectivity index (χ2v) is 29.3. The highest BCUT2D eigenvalue weighted by Crippen LogP contribution is 2.61. The lowest BCUT2D eigenvalue weighted by atomic mass is 10.1. The third-order valence-corrected chi connectivity index (χ3v) is 15.2. The summed E-state index contributed by atoms with van der Waals surface area (Å²) in [5.74, 6) is -3.72. The Balaban J connectivity index is 0.000000186. The number of carboxylic acids is 4. The number of fused-ring (bicyclic) bond motifs is 7. The van der Waals surface area contributed by atoms with Crippen molar-refractivity contribution >= 4 is 204 Å². The second-order valence-electron chi connectivity index (χ2n) is 21.4. The van der Waals surface area contributed by atoms with Crippen LogP contribution in [0, 0.1) is 0 Å². The molecule has 21 nitrogen and oxygen atoms in total. The maximum atomic E-state index is 11.3. The molecule has 524 valence electrons. The van der Waals surface area contributed by atoms with Gasteiger partial charge in [-0.25, -0.2) is 28.7 Å². The molecule has 0 bridgehead atoms. The summed E-state index contributed by atoms with van der Waals surface area (Å²) in [7, 11) is 1.98. The van der Waals surface area contributed by atoms with Crippen LogP contribution >= 0.6 is 86.1 Å². The number of aromatic amines is 2. The molecule has 0 atom stereocenters. The fourth-order valence-electron chi connectivity index (χ4n) is 9.25. The normalized spacial score (nSPS) is 10.3. The lowest BCUT2D eigenvalue weighted by Crippen LogP contribution is -2.27. The van der Waals surface area contributed by atoms with Gasteiger partial charge in [0, 0.05) is 104 Å². The molecular weight excluding hydrogens is 1490 g/mol. The Kier molecular flexibility index (Phi) is 29.7. The molecule has 103 heavy (non-hydrogen) atoms. The van der Waals surface area contributed by atoms with Crippen molar-refractivity contribution in [2.24, 2.45) is 7.05 Å². The number of benzene rings is 7. The van der Waals surface area contributed by atoms with E-state index in [0.717, 1.165) is 54.4 Å². The molecule has 0 aliphatic heterocycles. The van der Waals surface area contributed by atoms with E-state index in [9.17, 15) is 47.7 Å². The molecule has 0 saturated carbocycles. The summed E-state index contributed by atoms with van der Waals surface area (Å²) in [4.78, 5) is 120. The molecule has 0 amide bonds. The van der Waals surface area contributed by atoms with Crippen LogP contribution in [0.1, 0.15) is 93.3 Å². The van der Waals surface area contributed by atoms with Gasteiger partial charge in [0.1, 0.15) is 12.2 Å². The van der Waals surface area contributed by atoms with E-state index in [2.05, 4.69) is 63.6 Å². The highest BCUT2D eigenvalue weighted by atomic mass is 36.0. The molecule has 14 rings (SSSR count). The van der Waals surface area contributed by atoms with Gasteiger partial charge in [0.05, 0.1) is 59.9 Å². The van der Waals surface area contributed by atoms with Gasteiger partial charge in [-0.05, 0) is 175 Å². The Morgan fingerprint density at radius 3 is 1.37 bits per heavy atom. The lowest BCUT2D eigenvalue weighted by molar-refractivity contribution is -0.644. The molecule has 7 aromatic heterocycles. The molecular formula is C74H56Cl7N7O14P+. The Morgan fingerprint density at radius 1 is 0.427 bits per heavy atom. The van der Waals surface area contributed by atoms with E-state index in [4.69, 9.17) is 55.2 Å². The number of nitrogens with zero attached hydrogens (tertiary/aromatic N) is 5. The van der Waals surface area contributed by atoms with E-state index in [1.807, 2.05) is 78.5 Å². The molecule has 0 aliphatic carbocycles. The van der Waals surface area contributed by atoms with Crippen LogP contribution in [0.2, 0.25) is 15.2 Å². The summed E-state index contributed by atoms with van der Waals surface area (Å²) in [6, 6.07) is 54.3. The number of hydrogen-bond acceptors (Lipinski definition) is 14. The Hall–Kier alpha value is -10.8. The minimum atomic E-state index is -3.22. The first kappa shape index (κ1) is 81.1. The number of carboxylic acid groups (broad SMARTS) is 4. The summed E-state index contributed by atoms with van der Waals surface area (Å²) in [5, 5.41) is 39.4. The number of hydrogen-bond donors (Lipinski definition) is 6. The SMILES string of the molecule is CC(=O)c1ccc2c(Cl)ccnc2c1.CC(=O)c1ccc2ccc(Cl)nc2c1.CC(=O)c1ccc2ccc[n+](C)c2c1.Cl.O=C(O)c1ccc2c(=O)cc[nH]c2c1.O=C(O)c1ccc2c(Cl)ccnc2c1.O=C(O)c1ccc2ccc(=O)[nH]c2c1.O=C(O)c1ccc2cccnc2c1.O=P(Cl)(Cl)Cl. The summed E-state index contributed by atoms with van der Waals surface area (Å²) in [6.07, 6.45) is 8.31. The molecule has 14 aromatic rings. The van der Waals surface area contributed by atoms with Crippen molar-refractivity contribution < 1.29 is 63.1 Å². The van der Waals surface area contributed by atoms with Gasteiger partial charge in [0.15, 0.2) is 29.0 Å². The Labute approximate surface area is 620 Å². The number of aromatic carboxylic acids is 4. The first-order valence-corrected chi connectivity index (χ1v) is 35.2. The van der Waals surface area contributed by atoms with Gasteiger partial charge >= 0.3 is 29.1 Å². The van der Waals surface area contributed by atoms with Gasteiger partial charge in [-0.2, -0.15) is 0 Å². The van der Waals surface area contributed by atoms with Crippen LogP contribution in [0.3, 0.4) is 0 Å². The number of rotatable bonds is 7. The van der Waals surface area contributed by atoms with Crippen LogP contribution < -0.4 is 15.6 Å². The number of nitrogens with one attached hydrogen (secondary N) is 2. The number of aromatic nitrogens is 7. The number of aryl methyl sites for hydroxylation is 1. The van der Waals surface area contributed by atoms with Gasteiger partial charge in [0.2, 0.25) is 11.1 Å². The summed E-state index contributed by atoms with van der Waals surface area (Å²) < 4.78 is 11.5. The van der Waals surface area contributed by atoms with Gasteiger partial charge in [-0.15, -0.1) is 12.4 Å². The molecule has 29 heteroatoms. The van der Waals surface area contributed by atoms with E-state index in [1.165, 1.54) is 74.6 Å². The number of carbonyl (C=O) groups excluding carboxylic acids is 3. The molecule has 0 aliphatic rings. The molecule has 7 heterocycles. The zero-order chi connectivity index (χ0) is 74.5. The minimum absolute atomic E-state index is 0. The largest absolute Gasteiger partial charge is 0.478 e. The number of ketones is 3. The van der Waals surface area contributed by atoms with E-state index < -0.39 is 29.1 Å². The maximum Gasteiger partial charge on any atom is 0.339 e. The molecule has 7 aromatic carbocycles. The van der Waals surface area contributed by atoms with Crippen molar-refractivity contribution in [1.29, 1.82) is 0 Å². The van der Waals surface area contributed by atoms with Crippen molar-refractivity contribution in [2.75, 3.05) is 0 Å². The highest BCUT2D eigenvalue weighted by molar-refractivity contribution is 8.24. The minimum Gasteiger partial charge on any atom is -0.478 e. The van der Waals surface area contributed by atoms with E-state index in [0.29, 0.717) is 53.8 Å². The van der Waals surface area contributed by atoms with E-state index in [1.54, 1.807) is 104 Å². The maximum absolute atomic E-state index is 11.3. The number of halogens is 7. The lowest BCUT2D eigenvalue weighted by Gasteiger charge is -2.00. The van der Waals surface area contributed by atoms with Gasteiger partial charge in [-0.3, -0.25) is 43.5 Å². The smallest absolute Gasteiger partial charge is 0.339 e. The van der Waals surface area contributed by atoms with Crippen LogP contribution in [0.5, 0.6) is 0 Å². The second kappa shape index (κ2) is 37.7. The van der Waals surface area contributed by atoms with Crippen LogP contribution in [0.25, 0.3) is 76.3 Å². The highest BCUT2D eigenvalue weighted by Gasteiger charge is 2.11. The standard InChI is InChI=1S/C12H12NO.2C11H8ClNO.C10H6ClNO2.2C10H7NO3.C10H7NO2.Cl3OP.ClH/c1-9(14)11-6-5-10-4-3-7-13(2)12(10)8-11;1-7(14)8-2-3-9-10(12)4-5-13-11(9)6-8;1-7(14)9-3-2-8-4-5-11(12)13-10(8)6-9;11-8-3-4-12-9-5-6(10(13)14)1-2-7(8)9;12-9-3-4-11-8-5-6(10(13)14)1-2-7(8)9;12-9-4-3-6-1-2-7(10(13)14)5-8(6)11-9;12-10(13)8-4-3-7-2-1-5-11-9(7)6-8;1-5(2,3)4;/h3-8H,1-2H3;2*2-6H,1H3;1-5H,(H,13,14);2*1-5H,(H,11,12)(H,13,14);1-6H,(H,12,13);;1H/q+1;;;;;;;;. The summed E-state index contributed by atoms with van der Waals surface area (Å²) in [6.45, 7) is 4.65. The number of H-pyrrole nitrogens is 2. The predicted octanol–water partition coefficient (Wildman–Crippen LogP) is 18.3. The van der Waals surface area contributed by atoms with E-state index >= 15 is 0 Å². The third-order valence-electron chi connectivity index (χ3n) is 14.3.